The molecule has 4 bridgehead atoms. The summed E-state index contributed by atoms with van der Waals surface area (Å²) in [5.74, 6) is 1.37. The maximum atomic E-state index is 12.9. The van der Waals surface area contributed by atoms with Gasteiger partial charge in [0.15, 0.2) is 11.5 Å². The number of aryl methyl sites for hydroxylation is 1. The normalized spacial score (nSPS) is 32.5. The lowest BCUT2D eigenvalue weighted by Gasteiger charge is -2.61. The Bertz CT molecular complexity index is 1500. The SMILES string of the molecule is Cc1cc2c(c(O)c1C)[C@@H]1C3[C@@H]4SC[C@@H](C)C(=O)OC[C@H](c5c6c(c(C)c(O)c54)OCO6)N3[C@@H](C#N)[C@@H](C2)N1C. The van der Waals surface area contributed by atoms with Gasteiger partial charge in [0.25, 0.3) is 0 Å². The van der Waals surface area contributed by atoms with Crippen LogP contribution in [0.15, 0.2) is 6.07 Å². The van der Waals surface area contributed by atoms with Crippen LogP contribution in [0.1, 0.15) is 63.2 Å². The van der Waals surface area contributed by atoms with E-state index in [4.69, 9.17) is 14.2 Å². The van der Waals surface area contributed by atoms with Gasteiger partial charge in [0, 0.05) is 40.1 Å². The van der Waals surface area contributed by atoms with Gasteiger partial charge in [0.2, 0.25) is 6.79 Å². The zero-order valence-electron chi connectivity index (χ0n) is 23.2. The number of cyclic esters (lactones) is 1. The van der Waals surface area contributed by atoms with Gasteiger partial charge in [-0.2, -0.15) is 17.0 Å². The molecule has 0 amide bonds. The van der Waals surface area contributed by atoms with Crippen LogP contribution in [-0.4, -0.2) is 70.3 Å². The van der Waals surface area contributed by atoms with Gasteiger partial charge >= 0.3 is 5.97 Å². The topological polar surface area (TPSA) is 115 Å². The van der Waals surface area contributed by atoms with E-state index >= 15 is 0 Å². The zero-order chi connectivity index (χ0) is 28.2. The first-order chi connectivity index (χ1) is 19.1. The Kier molecular flexibility index (Phi) is 5.77. The number of phenols is 2. The molecule has 0 saturated carbocycles. The minimum Gasteiger partial charge on any atom is -0.507 e. The summed E-state index contributed by atoms with van der Waals surface area (Å²) in [7, 11) is 2.04. The molecule has 0 radical (unpaired) electrons. The average molecular weight is 564 g/mol. The highest BCUT2D eigenvalue weighted by atomic mass is 32.2. The van der Waals surface area contributed by atoms with Gasteiger partial charge < -0.3 is 24.4 Å². The quantitative estimate of drug-likeness (QED) is 0.457. The lowest BCUT2D eigenvalue weighted by molar-refractivity contribution is -0.153. The van der Waals surface area contributed by atoms with Crippen molar-refractivity contribution in [3.8, 4) is 29.1 Å². The van der Waals surface area contributed by atoms with Gasteiger partial charge in [-0.3, -0.25) is 14.6 Å². The van der Waals surface area contributed by atoms with Crippen LogP contribution in [0.4, 0.5) is 0 Å². The van der Waals surface area contributed by atoms with Crippen LogP contribution in [0.25, 0.3) is 0 Å². The summed E-state index contributed by atoms with van der Waals surface area (Å²) in [6, 6.07) is 3.02. The minimum atomic E-state index is -0.536. The number of esters is 1. The van der Waals surface area contributed by atoms with E-state index in [9.17, 15) is 20.3 Å². The molecule has 7 rings (SSSR count). The average Bonchev–Trinajstić information content (AvgIpc) is 3.42. The molecule has 2 N–H and O–H groups in total. The molecule has 9 nitrogen and oxygen atoms in total. The Morgan fingerprint density at radius 1 is 1.05 bits per heavy atom. The van der Waals surface area contributed by atoms with E-state index in [1.165, 1.54) is 0 Å². The number of rotatable bonds is 0. The number of likely N-dealkylation sites (N-methyl/N-ethyl adjacent to an activating group) is 1. The monoisotopic (exact) mass is 563 g/mol. The summed E-state index contributed by atoms with van der Waals surface area (Å²) in [5, 5.41) is 33.8. The molecule has 2 aromatic rings. The molecule has 0 spiro atoms. The predicted molar refractivity (Wildman–Crippen MR) is 148 cm³/mol. The number of aromatic hydroxyl groups is 2. The molecule has 40 heavy (non-hydrogen) atoms. The standard InChI is InChI=1S/C30H33N3O6S/c1-12-6-16-7-17-18(8-31)33-19-9-37-30(36)13(2)10-40-29(24(33)23(32(17)5)20(16)25(34)14(12)3)22-21(19)28-27(38-11-39-28)15(4)26(22)35/h6,13,17-19,23-24,29,34-35H,7,9-11H2,1-5H3/t13-,17-,18+,19-,23-,24?,29-/m1/s1. The second kappa shape index (κ2) is 8.93. The molecule has 0 aliphatic carbocycles. The number of benzene rings is 2. The lowest BCUT2D eigenvalue weighted by Crippen LogP contribution is -2.69. The van der Waals surface area contributed by atoms with E-state index < -0.39 is 12.1 Å². The van der Waals surface area contributed by atoms with Gasteiger partial charge in [-0.1, -0.05) is 13.0 Å². The first-order valence-corrected chi connectivity index (χ1v) is 14.8. The fourth-order valence-corrected chi connectivity index (χ4v) is 9.19. The molecule has 2 fully saturated rings. The van der Waals surface area contributed by atoms with Crippen molar-refractivity contribution in [2.24, 2.45) is 5.92 Å². The summed E-state index contributed by atoms with van der Waals surface area (Å²) in [5.41, 5.74) is 5.93. The second-order valence-corrected chi connectivity index (χ2v) is 13.0. The molecule has 1 unspecified atom stereocenters. The van der Waals surface area contributed by atoms with Crippen LogP contribution in [-0.2, 0) is 16.0 Å². The van der Waals surface area contributed by atoms with Crippen LogP contribution in [0.5, 0.6) is 23.0 Å². The number of hydrogen-bond acceptors (Lipinski definition) is 10. The summed E-state index contributed by atoms with van der Waals surface area (Å²) >= 11 is 1.60. The van der Waals surface area contributed by atoms with Crippen molar-refractivity contribution in [3.63, 3.8) is 0 Å². The molecule has 5 aliphatic heterocycles. The number of nitriles is 1. The Morgan fingerprint density at radius 2 is 1.77 bits per heavy atom. The van der Waals surface area contributed by atoms with E-state index in [1.807, 2.05) is 34.7 Å². The lowest BCUT2D eigenvalue weighted by atomic mass is 9.71. The van der Waals surface area contributed by atoms with E-state index in [-0.39, 0.29) is 54.4 Å². The highest BCUT2D eigenvalue weighted by Gasteiger charge is 2.60. The van der Waals surface area contributed by atoms with Crippen molar-refractivity contribution in [3.05, 3.63) is 45.0 Å². The van der Waals surface area contributed by atoms with Gasteiger partial charge in [-0.15, -0.1) is 0 Å². The van der Waals surface area contributed by atoms with Crippen LogP contribution in [0, 0.1) is 38.0 Å². The number of phenolic OH excluding ortho intramolecular Hbond substituents is 2. The van der Waals surface area contributed by atoms with E-state index in [0.29, 0.717) is 35.0 Å². The van der Waals surface area contributed by atoms with Crippen molar-refractivity contribution in [1.82, 2.24) is 9.80 Å². The van der Waals surface area contributed by atoms with Gasteiger partial charge in [-0.25, -0.2) is 0 Å². The largest absolute Gasteiger partial charge is 0.507 e. The maximum Gasteiger partial charge on any atom is 0.309 e. The Morgan fingerprint density at radius 3 is 2.52 bits per heavy atom. The first kappa shape index (κ1) is 25.8. The van der Waals surface area contributed by atoms with Crippen molar-refractivity contribution >= 4 is 17.7 Å². The molecule has 210 valence electrons. The van der Waals surface area contributed by atoms with Crippen LogP contribution >= 0.6 is 11.8 Å². The van der Waals surface area contributed by atoms with E-state index in [2.05, 4.69) is 21.9 Å². The Hall–Kier alpha value is -3.13. The zero-order valence-corrected chi connectivity index (χ0v) is 24.0. The van der Waals surface area contributed by atoms with Crippen molar-refractivity contribution in [2.75, 3.05) is 26.2 Å². The maximum absolute atomic E-state index is 12.9. The number of carbonyl (C=O) groups is 1. The molecular formula is C30H33N3O6S. The summed E-state index contributed by atoms with van der Waals surface area (Å²) < 4.78 is 17.7. The highest BCUT2D eigenvalue weighted by molar-refractivity contribution is 7.99. The Balaban J connectivity index is 1.54. The van der Waals surface area contributed by atoms with Gasteiger partial charge in [0.05, 0.1) is 29.3 Å². The number of carbonyl (C=O) groups excluding carboxylic acids is 1. The molecule has 7 atom stereocenters. The molecule has 2 saturated heterocycles. The molecule has 10 heteroatoms. The van der Waals surface area contributed by atoms with Crippen molar-refractivity contribution in [2.45, 2.75) is 69.6 Å². The smallest absolute Gasteiger partial charge is 0.309 e. The number of fused-ring (bicyclic) bond motifs is 9. The summed E-state index contributed by atoms with van der Waals surface area (Å²) in [6.45, 7) is 7.70. The first-order valence-electron chi connectivity index (χ1n) is 13.8. The number of piperazine rings is 1. The summed E-state index contributed by atoms with van der Waals surface area (Å²) in [6.07, 6.45) is 0.615. The fraction of sp³-hybridized carbons (Fsp3) is 0.533. The van der Waals surface area contributed by atoms with Gasteiger partial charge in [-0.05, 0) is 50.9 Å². The van der Waals surface area contributed by atoms with E-state index in [1.54, 1.807) is 11.8 Å². The molecule has 2 aromatic carbocycles. The van der Waals surface area contributed by atoms with Crippen LogP contribution < -0.4 is 9.47 Å². The predicted octanol–water partition coefficient (Wildman–Crippen LogP) is 3.95. The third-order valence-electron chi connectivity index (χ3n) is 9.81. The molecule has 0 aromatic heterocycles. The third-order valence-corrected chi connectivity index (χ3v) is 11.4. The van der Waals surface area contributed by atoms with Gasteiger partial charge in [0.1, 0.15) is 24.1 Å². The molecule has 5 heterocycles. The van der Waals surface area contributed by atoms with E-state index in [0.717, 1.165) is 33.4 Å². The third kappa shape index (κ3) is 3.25. The fourth-order valence-electron chi connectivity index (χ4n) is 7.66. The van der Waals surface area contributed by atoms with Crippen LogP contribution in [0.3, 0.4) is 0 Å². The van der Waals surface area contributed by atoms with Crippen LogP contribution in [0.2, 0.25) is 0 Å². The number of thioether (sulfide) groups is 1. The number of nitrogens with zero attached hydrogens (tertiary/aromatic N) is 3. The van der Waals surface area contributed by atoms with Crippen molar-refractivity contribution in [1.29, 1.82) is 5.26 Å². The number of hydrogen-bond donors (Lipinski definition) is 2. The van der Waals surface area contributed by atoms with Crippen molar-refractivity contribution < 1.29 is 29.2 Å². The molecular weight excluding hydrogens is 530 g/mol. The highest BCUT2D eigenvalue weighted by Crippen LogP contribution is 2.63. The second-order valence-electron chi connectivity index (χ2n) is 11.8. The summed E-state index contributed by atoms with van der Waals surface area (Å²) in [4.78, 5) is 17.4. The minimum absolute atomic E-state index is 0.0233. The number of ether oxygens (including phenoxy) is 3. The Labute approximate surface area is 237 Å². The molecule has 5 aliphatic rings.